The minimum atomic E-state index is 0.295. The molecule has 3 unspecified atom stereocenters. The second-order valence-corrected chi connectivity index (χ2v) is 5.12. The molecule has 0 heterocycles. The highest BCUT2D eigenvalue weighted by atomic mass is 35.5. The molecule has 0 fully saturated rings. The number of halogens is 1. The fourth-order valence-electron chi connectivity index (χ4n) is 2.10. The van der Waals surface area contributed by atoms with Crippen molar-refractivity contribution in [3.63, 3.8) is 0 Å². The third-order valence-electron chi connectivity index (χ3n) is 3.33. The summed E-state index contributed by atoms with van der Waals surface area (Å²) in [5.74, 6) is 2.10. The van der Waals surface area contributed by atoms with Gasteiger partial charge in [-0.1, -0.05) is 46.5 Å². The van der Waals surface area contributed by atoms with Crippen molar-refractivity contribution in [2.45, 2.75) is 65.3 Å². The highest BCUT2D eigenvalue weighted by Crippen LogP contribution is 2.20. The fourth-order valence-corrected chi connectivity index (χ4v) is 2.49. The lowest BCUT2D eigenvalue weighted by Crippen LogP contribution is -2.30. The van der Waals surface area contributed by atoms with E-state index < -0.39 is 0 Å². The minimum absolute atomic E-state index is 0.295. The van der Waals surface area contributed by atoms with Gasteiger partial charge >= 0.3 is 0 Å². The smallest absolute Gasteiger partial charge is 0.0266 e. The summed E-state index contributed by atoms with van der Waals surface area (Å²) in [6.45, 7) is 6.74. The van der Waals surface area contributed by atoms with Crippen LogP contribution in [0.1, 0.15) is 59.3 Å². The van der Waals surface area contributed by atoms with Crippen molar-refractivity contribution < 1.29 is 0 Å². The van der Waals surface area contributed by atoms with Crippen LogP contribution in [0.4, 0.5) is 0 Å². The number of rotatable bonds is 9. The molecule has 15 heavy (non-hydrogen) atoms. The Morgan fingerprint density at radius 2 is 1.80 bits per heavy atom. The van der Waals surface area contributed by atoms with Gasteiger partial charge in [0.2, 0.25) is 0 Å². The molecular formula is C13H28ClN. The maximum absolute atomic E-state index is 6.02. The average molecular weight is 234 g/mol. The van der Waals surface area contributed by atoms with Crippen LogP contribution < -0.4 is 5.73 Å². The third-order valence-corrected chi connectivity index (χ3v) is 3.72. The van der Waals surface area contributed by atoms with Gasteiger partial charge in [-0.2, -0.15) is 0 Å². The second kappa shape index (κ2) is 9.47. The van der Waals surface area contributed by atoms with Crippen LogP contribution in [0.25, 0.3) is 0 Å². The van der Waals surface area contributed by atoms with Crippen molar-refractivity contribution in [3.8, 4) is 0 Å². The summed E-state index contributed by atoms with van der Waals surface area (Å²) in [5.41, 5.74) is 6.02. The van der Waals surface area contributed by atoms with Crippen LogP contribution in [0.5, 0.6) is 0 Å². The van der Waals surface area contributed by atoms with Crippen molar-refractivity contribution >= 4 is 11.6 Å². The van der Waals surface area contributed by atoms with Crippen LogP contribution in [0.3, 0.4) is 0 Å². The van der Waals surface area contributed by atoms with Gasteiger partial charge in [-0.25, -0.2) is 0 Å². The molecule has 0 amide bonds. The van der Waals surface area contributed by atoms with Gasteiger partial charge in [-0.3, -0.25) is 0 Å². The lowest BCUT2D eigenvalue weighted by Gasteiger charge is -2.21. The first kappa shape index (κ1) is 15.2. The Hall–Kier alpha value is 0.250. The van der Waals surface area contributed by atoms with E-state index in [2.05, 4.69) is 20.8 Å². The molecule has 0 aliphatic heterocycles. The predicted octanol–water partition coefficient (Wildman–Crippen LogP) is 4.19. The summed E-state index contributed by atoms with van der Waals surface area (Å²) in [5, 5.41) is 0. The summed E-state index contributed by atoms with van der Waals surface area (Å²) < 4.78 is 0. The Balaban J connectivity index is 3.62. The van der Waals surface area contributed by atoms with Crippen molar-refractivity contribution in [2.24, 2.45) is 17.6 Å². The molecule has 2 N–H and O–H groups in total. The first-order valence-corrected chi connectivity index (χ1v) is 7.00. The largest absolute Gasteiger partial charge is 0.327 e. The quantitative estimate of drug-likeness (QED) is 0.594. The van der Waals surface area contributed by atoms with E-state index in [9.17, 15) is 0 Å². The molecule has 1 nitrogen and oxygen atoms in total. The van der Waals surface area contributed by atoms with Crippen LogP contribution in [-0.2, 0) is 0 Å². The molecule has 0 saturated carbocycles. The van der Waals surface area contributed by atoms with E-state index in [1.807, 2.05) is 0 Å². The monoisotopic (exact) mass is 233 g/mol. The van der Waals surface area contributed by atoms with Gasteiger partial charge in [-0.05, 0) is 24.7 Å². The zero-order valence-corrected chi connectivity index (χ0v) is 11.4. The molecule has 0 aromatic heterocycles. The van der Waals surface area contributed by atoms with Gasteiger partial charge in [-0.15, -0.1) is 11.6 Å². The van der Waals surface area contributed by atoms with Crippen LogP contribution in [0.15, 0.2) is 0 Å². The van der Waals surface area contributed by atoms with Gasteiger partial charge < -0.3 is 5.73 Å². The molecule has 2 heteroatoms. The van der Waals surface area contributed by atoms with E-state index in [-0.39, 0.29) is 0 Å². The molecule has 0 bridgehead atoms. The van der Waals surface area contributed by atoms with Gasteiger partial charge in [0, 0.05) is 11.9 Å². The third kappa shape index (κ3) is 7.19. The molecule has 0 aliphatic carbocycles. The molecule has 92 valence electrons. The summed E-state index contributed by atoms with van der Waals surface area (Å²) in [7, 11) is 0. The predicted molar refractivity (Wildman–Crippen MR) is 70.4 cm³/mol. The number of nitrogens with two attached hydrogens (primary N) is 1. The van der Waals surface area contributed by atoms with Crippen LogP contribution in [0.2, 0.25) is 0 Å². The van der Waals surface area contributed by atoms with E-state index in [1.165, 1.54) is 32.1 Å². The van der Waals surface area contributed by atoms with E-state index in [0.29, 0.717) is 12.0 Å². The topological polar surface area (TPSA) is 26.0 Å². The fraction of sp³-hybridized carbons (Fsp3) is 1.00. The maximum Gasteiger partial charge on any atom is 0.0266 e. The maximum atomic E-state index is 6.02. The van der Waals surface area contributed by atoms with Gasteiger partial charge in [0.15, 0.2) is 0 Å². The number of alkyl halides is 1. The summed E-state index contributed by atoms with van der Waals surface area (Å²) in [6, 6.07) is 0.295. The number of hydrogen-bond acceptors (Lipinski definition) is 1. The van der Waals surface area contributed by atoms with Crippen molar-refractivity contribution in [1.29, 1.82) is 0 Å². The molecule has 0 radical (unpaired) electrons. The average Bonchev–Trinajstić information content (AvgIpc) is 2.24. The molecule has 0 aromatic rings. The Morgan fingerprint density at radius 1 is 1.13 bits per heavy atom. The van der Waals surface area contributed by atoms with E-state index in [4.69, 9.17) is 17.3 Å². The second-order valence-electron chi connectivity index (χ2n) is 4.81. The van der Waals surface area contributed by atoms with Crippen molar-refractivity contribution in [2.75, 3.05) is 5.88 Å². The molecule has 0 rings (SSSR count). The highest BCUT2D eigenvalue weighted by Gasteiger charge is 2.15. The summed E-state index contributed by atoms with van der Waals surface area (Å²) in [4.78, 5) is 0. The van der Waals surface area contributed by atoms with Gasteiger partial charge in [0.05, 0.1) is 0 Å². The lowest BCUT2D eigenvalue weighted by atomic mass is 9.91. The molecule has 0 aliphatic rings. The summed E-state index contributed by atoms with van der Waals surface area (Å²) in [6.07, 6.45) is 7.51. The van der Waals surface area contributed by atoms with Crippen LogP contribution >= 0.6 is 11.6 Å². The van der Waals surface area contributed by atoms with Crippen LogP contribution in [-0.4, -0.2) is 11.9 Å². The SMILES string of the molecule is CCCC(C)CCCC(CCl)C(N)CC. The van der Waals surface area contributed by atoms with E-state index in [0.717, 1.165) is 18.2 Å². The highest BCUT2D eigenvalue weighted by molar-refractivity contribution is 6.18. The standard InChI is InChI=1S/C13H28ClN/c1-4-7-11(3)8-6-9-12(10-14)13(15)5-2/h11-13H,4-10,15H2,1-3H3. The van der Waals surface area contributed by atoms with Gasteiger partial charge in [0.25, 0.3) is 0 Å². The summed E-state index contributed by atoms with van der Waals surface area (Å²) >= 11 is 5.94. The molecule has 0 saturated heterocycles. The lowest BCUT2D eigenvalue weighted by molar-refractivity contribution is 0.377. The Morgan fingerprint density at radius 3 is 2.27 bits per heavy atom. The molecule has 0 spiro atoms. The zero-order chi connectivity index (χ0) is 11.7. The van der Waals surface area contributed by atoms with E-state index >= 15 is 0 Å². The normalized spacial score (nSPS) is 17.4. The van der Waals surface area contributed by atoms with Crippen molar-refractivity contribution in [1.82, 2.24) is 0 Å². The van der Waals surface area contributed by atoms with Gasteiger partial charge in [0.1, 0.15) is 0 Å². The molecule has 3 atom stereocenters. The molecular weight excluding hydrogens is 206 g/mol. The van der Waals surface area contributed by atoms with Crippen LogP contribution in [0, 0.1) is 11.8 Å². The Kier molecular flexibility index (Phi) is 9.63. The number of hydrogen-bond donors (Lipinski definition) is 1. The van der Waals surface area contributed by atoms with Crippen molar-refractivity contribution in [3.05, 3.63) is 0 Å². The first-order chi connectivity index (χ1) is 7.15. The Labute approximate surface area is 101 Å². The molecule has 0 aromatic carbocycles. The first-order valence-electron chi connectivity index (χ1n) is 6.47. The Bertz CT molecular complexity index is 138. The zero-order valence-electron chi connectivity index (χ0n) is 10.6. The minimum Gasteiger partial charge on any atom is -0.327 e. The van der Waals surface area contributed by atoms with E-state index in [1.54, 1.807) is 0 Å².